The predicted molar refractivity (Wildman–Crippen MR) is 53.3 cm³/mol. The number of benzene rings is 1. The highest BCUT2D eigenvalue weighted by Gasteiger charge is 2.04. The molecule has 0 aromatic heterocycles. The van der Waals surface area contributed by atoms with Crippen molar-refractivity contribution in [2.24, 2.45) is 5.73 Å². The number of aryl methyl sites for hydroxylation is 1. The van der Waals surface area contributed by atoms with Crippen molar-refractivity contribution in [3.05, 3.63) is 29.6 Å². The fourth-order valence-electron chi connectivity index (χ4n) is 1.07. The van der Waals surface area contributed by atoms with Crippen molar-refractivity contribution in [2.45, 2.75) is 19.9 Å². The normalized spacial score (nSPS) is 12.6. The first-order valence-corrected chi connectivity index (χ1v) is 4.36. The summed E-state index contributed by atoms with van der Waals surface area (Å²) in [7, 11) is 0. The third-order valence-electron chi connectivity index (χ3n) is 1.88. The van der Waals surface area contributed by atoms with E-state index in [9.17, 15) is 4.39 Å². The van der Waals surface area contributed by atoms with Crippen LogP contribution in [0.1, 0.15) is 12.5 Å². The Morgan fingerprint density at radius 3 is 2.85 bits per heavy atom. The van der Waals surface area contributed by atoms with Gasteiger partial charge in [0.05, 0.1) is 5.69 Å². The predicted octanol–water partition coefficient (Wildman–Crippen LogP) is 1.89. The lowest BCUT2D eigenvalue weighted by atomic mass is 10.2. The van der Waals surface area contributed by atoms with Gasteiger partial charge in [-0.1, -0.05) is 6.07 Å². The summed E-state index contributed by atoms with van der Waals surface area (Å²) >= 11 is 0. The Morgan fingerprint density at radius 2 is 2.23 bits per heavy atom. The summed E-state index contributed by atoms with van der Waals surface area (Å²) in [6.45, 7) is 4.34. The van der Waals surface area contributed by atoms with Crippen molar-refractivity contribution in [3.8, 4) is 0 Å². The topological polar surface area (TPSA) is 38.0 Å². The minimum atomic E-state index is -0.231. The van der Waals surface area contributed by atoms with Crippen molar-refractivity contribution >= 4 is 5.69 Å². The van der Waals surface area contributed by atoms with Crippen LogP contribution in [0, 0.1) is 12.7 Å². The Morgan fingerprint density at radius 1 is 1.54 bits per heavy atom. The summed E-state index contributed by atoms with van der Waals surface area (Å²) in [6.07, 6.45) is 0. The maximum Gasteiger partial charge on any atom is 0.146 e. The van der Waals surface area contributed by atoms with Gasteiger partial charge in [0.25, 0.3) is 0 Å². The molecule has 0 aliphatic carbocycles. The Kier molecular flexibility index (Phi) is 3.25. The molecule has 1 atom stereocenters. The zero-order valence-corrected chi connectivity index (χ0v) is 7.97. The van der Waals surface area contributed by atoms with E-state index in [1.807, 2.05) is 13.8 Å². The molecule has 0 saturated heterocycles. The van der Waals surface area contributed by atoms with Gasteiger partial charge < -0.3 is 11.1 Å². The minimum Gasteiger partial charge on any atom is -0.379 e. The summed E-state index contributed by atoms with van der Waals surface area (Å²) in [5, 5.41) is 3.00. The van der Waals surface area contributed by atoms with E-state index in [0.717, 1.165) is 5.56 Å². The summed E-state index contributed by atoms with van der Waals surface area (Å²) in [6, 6.07) is 5.08. The number of anilines is 1. The van der Waals surface area contributed by atoms with Gasteiger partial charge in [-0.25, -0.2) is 4.39 Å². The van der Waals surface area contributed by atoms with Crippen molar-refractivity contribution in [1.82, 2.24) is 0 Å². The molecule has 1 aromatic rings. The molecule has 72 valence electrons. The van der Waals surface area contributed by atoms with Crippen molar-refractivity contribution in [3.63, 3.8) is 0 Å². The van der Waals surface area contributed by atoms with Gasteiger partial charge in [-0.2, -0.15) is 0 Å². The van der Waals surface area contributed by atoms with Crippen LogP contribution in [-0.4, -0.2) is 12.6 Å². The Labute approximate surface area is 77.9 Å². The second-order valence-electron chi connectivity index (χ2n) is 3.26. The molecule has 13 heavy (non-hydrogen) atoms. The summed E-state index contributed by atoms with van der Waals surface area (Å²) in [5.74, 6) is -0.231. The largest absolute Gasteiger partial charge is 0.379 e. The number of hydrogen-bond acceptors (Lipinski definition) is 2. The molecule has 0 heterocycles. The van der Waals surface area contributed by atoms with Crippen molar-refractivity contribution in [1.29, 1.82) is 0 Å². The van der Waals surface area contributed by atoms with E-state index < -0.39 is 0 Å². The second kappa shape index (κ2) is 4.23. The SMILES string of the molecule is Cc1ccc(F)c(NC(C)CN)c1. The molecule has 1 unspecified atom stereocenters. The van der Waals surface area contributed by atoms with E-state index in [1.54, 1.807) is 12.1 Å². The standard InChI is InChI=1S/C10H15FN2/c1-7-3-4-9(11)10(5-7)13-8(2)6-12/h3-5,8,13H,6,12H2,1-2H3. The third kappa shape index (κ3) is 2.70. The molecule has 0 amide bonds. The van der Waals surface area contributed by atoms with Crippen LogP contribution in [0.5, 0.6) is 0 Å². The van der Waals surface area contributed by atoms with Crippen LogP contribution in [0.2, 0.25) is 0 Å². The Hall–Kier alpha value is -1.09. The van der Waals surface area contributed by atoms with Crippen LogP contribution in [0.25, 0.3) is 0 Å². The van der Waals surface area contributed by atoms with Gasteiger partial charge in [0, 0.05) is 12.6 Å². The van der Waals surface area contributed by atoms with Gasteiger partial charge in [-0.15, -0.1) is 0 Å². The van der Waals surface area contributed by atoms with E-state index in [1.165, 1.54) is 6.07 Å². The number of hydrogen-bond donors (Lipinski definition) is 2. The quantitative estimate of drug-likeness (QED) is 0.749. The fourth-order valence-corrected chi connectivity index (χ4v) is 1.07. The highest BCUT2D eigenvalue weighted by Crippen LogP contribution is 2.16. The maximum atomic E-state index is 13.2. The first-order chi connectivity index (χ1) is 6.13. The van der Waals surface area contributed by atoms with Gasteiger partial charge in [-0.05, 0) is 31.5 Å². The fraction of sp³-hybridized carbons (Fsp3) is 0.400. The van der Waals surface area contributed by atoms with Gasteiger partial charge in [0.2, 0.25) is 0 Å². The average Bonchev–Trinajstić information content (AvgIpc) is 2.11. The number of nitrogens with one attached hydrogen (secondary N) is 1. The molecule has 0 bridgehead atoms. The average molecular weight is 182 g/mol. The van der Waals surface area contributed by atoms with E-state index in [0.29, 0.717) is 12.2 Å². The van der Waals surface area contributed by atoms with Gasteiger partial charge in [0.1, 0.15) is 5.82 Å². The first kappa shape index (κ1) is 9.99. The van der Waals surface area contributed by atoms with Crippen LogP contribution < -0.4 is 11.1 Å². The molecule has 0 radical (unpaired) electrons. The maximum absolute atomic E-state index is 13.2. The molecule has 1 aromatic carbocycles. The zero-order valence-electron chi connectivity index (χ0n) is 7.97. The molecule has 3 heteroatoms. The van der Waals surface area contributed by atoms with Crippen LogP contribution in [0.15, 0.2) is 18.2 Å². The molecule has 3 N–H and O–H groups in total. The van der Waals surface area contributed by atoms with Crippen molar-refractivity contribution < 1.29 is 4.39 Å². The summed E-state index contributed by atoms with van der Waals surface area (Å²) in [5.41, 5.74) is 6.98. The van der Waals surface area contributed by atoms with Crippen molar-refractivity contribution in [2.75, 3.05) is 11.9 Å². The van der Waals surface area contributed by atoms with Crippen LogP contribution in [-0.2, 0) is 0 Å². The van der Waals surface area contributed by atoms with E-state index in [-0.39, 0.29) is 11.9 Å². The monoisotopic (exact) mass is 182 g/mol. The Bertz CT molecular complexity index is 286. The lowest BCUT2D eigenvalue weighted by molar-refractivity contribution is 0.626. The van der Waals surface area contributed by atoms with Gasteiger partial charge in [0.15, 0.2) is 0 Å². The number of rotatable bonds is 3. The number of nitrogens with two attached hydrogens (primary N) is 1. The van der Waals surface area contributed by atoms with Crippen LogP contribution in [0.3, 0.4) is 0 Å². The summed E-state index contributed by atoms with van der Waals surface area (Å²) in [4.78, 5) is 0. The van der Waals surface area contributed by atoms with Crippen LogP contribution in [0.4, 0.5) is 10.1 Å². The number of halogens is 1. The van der Waals surface area contributed by atoms with Gasteiger partial charge >= 0.3 is 0 Å². The highest BCUT2D eigenvalue weighted by molar-refractivity contribution is 5.47. The zero-order chi connectivity index (χ0) is 9.84. The van der Waals surface area contributed by atoms with E-state index in [4.69, 9.17) is 5.73 Å². The molecule has 0 aliphatic heterocycles. The molecule has 0 fully saturated rings. The van der Waals surface area contributed by atoms with Gasteiger partial charge in [-0.3, -0.25) is 0 Å². The third-order valence-corrected chi connectivity index (χ3v) is 1.88. The molecular weight excluding hydrogens is 167 g/mol. The first-order valence-electron chi connectivity index (χ1n) is 4.36. The Balaban J connectivity index is 2.81. The second-order valence-corrected chi connectivity index (χ2v) is 3.26. The smallest absolute Gasteiger partial charge is 0.146 e. The lowest BCUT2D eigenvalue weighted by Gasteiger charge is -2.13. The lowest BCUT2D eigenvalue weighted by Crippen LogP contribution is -2.25. The molecule has 0 aliphatic rings. The minimum absolute atomic E-state index is 0.0938. The molecule has 1 rings (SSSR count). The summed E-state index contributed by atoms with van der Waals surface area (Å²) < 4.78 is 13.2. The van der Waals surface area contributed by atoms with E-state index >= 15 is 0 Å². The van der Waals surface area contributed by atoms with E-state index in [2.05, 4.69) is 5.32 Å². The molecule has 0 spiro atoms. The molecule has 2 nitrogen and oxygen atoms in total. The molecular formula is C10H15FN2. The molecule has 0 saturated carbocycles. The highest BCUT2D eigenvalue weighted by atomic mass is 19.1. The van der Waals surface area contributed by atoms with Crippen LogP contribution >= 0.6 is 0 Å².